The maximum absolute atomic E-state index is 14.6. The molecule has 1 fully saturated rings. The zero-order chi connectivity index (χ0) is 30.7. The van der Waals surface area contributed by atoms with Gasteiger partial charge in [0.1, 0.15) is 10.7 Å². The van der Waals surface area contributed by atoms with Crippen molar-refractivity contribution in [1.29, 1.82) is 0 Å². The van der Waals surface area contributed by atoms with Gasteiger partial charge >= 0.3 is 0 Å². The van der Waals surface area contributed by atoms with Crippen molar-refractivity contribution in [1.82, 2.24) is 19.4 Å². The minimum atomic E-state index is -2.65. The van der Waals surface area contributed by atoms with Crippen molar-refractivity contribution in [2.24, 2.45) is 5.92 Å². The van der Waals surface area contributed by atoms with Crippen molar-refractivity contribution < 1.29 is 13.6 Å². The van der Waals surface area contributed by atoms with Gasteiger partial charge in [-0.15, -0.1) is 11.3 Å². The highest BCUT2D eigenvalue weighted by Gasteiger charge is 2.28. The van der Waals surface area contributed by atoms with Gasteiger partial charge in [-0.05, 0) is 73.8 Å². The Bertz CT molecular complexity index is 1630. The first-order valence-electron chi connectivity index (χ1n) is 15.1. The van der Waals surface area contributed by atoms with Crippen LogP contribution in [-0.4, -0.2) is 38.4 Å². The Balaban J connectivity index is 1.76. The molecule has 1 aromatic carbocycles. The smallest absolute Gasteiger partial charge is 0.280 e. The van der Waals surface area contributed by atoms with E-state index < -0.39 is 6.43 Å². The van der Waals surface area contributed by atoms with Gasteiger partial charge in [-0.2, -0.15) is 0 Å². The maximum Gasteiger partial charge on any atom is 0.280 e. The SMILES string of the molecule is CCc1cccc(CC)c1-n1c(CC(C)C)c(C(=O)N2CCCCC2)cc(-c2nc(-c3ccc(C(F)F)nc3)cs2)c1=O. The quantitative estimate of drug-likeness (QED) is 0.195. The summed E-state index contributed by atoms with van der Waals surface area (Å²) in [5.41, 5.74) is 5.18. The molecule has 3 aromatic heterocycles. The Hall–Kier alpha value is -3.72. The zero-order valence-electron chi connectivity index (χ0n) is 25.2. The third-order valence-electron chi connectivity index (χ3n) is 8.01. The van der Waals surface area contributed by atoms with E-state index in [-0.39, 0.29) is 23.1 Å². The van der Waals surface area contributed by atoms with E-state index in [1.165, 1.54) is 23.6 Å². The van der Waals surface area contributed by atoms with Crippen molar-refractivity contribution >= 4 is 17.2 Å². The average molecular weight is 605 g/mol. The molecule has 9 heteroatoms. The highest BCUT2D eigenvalue weighted by atomic mass is 32.1. The standard InChI is InChI=1S/C34H38F2N4O2S/c1-5-22-11-10-12-23(6-2)30(22)40-29(17-21(3)4)25(33(41)39-15-8-7-9-16-39)18-26(34(40)42)32-38-28(20-43-32)24-13-14-27(31(35)36)37-19-24/h10-14,18-21,31H,5-9,15-17H2,1-4H3. The van der Waals surface area contributed by atoms with Crippen LogP contribution >= 0.6 is 11.3 Å². The fourth-order valence-electron chi connectivity index (χ4n) is 5.80. The third kappa shape index (κ3) is 6.32. The summed E-state index contributed by atoms with van der Waals surface area (Å²) >= 11 is 1.30. The summed E-state index contributed by atoms with van der Waals surface area (Å²) in [5.74, 6) is 0.152. The number of pyridine rings is 2. The number of halogens is 2. The van der Waals surface area contributed by atoms with Crippen LogP contribution in [0.15, 0.2) is 52.8 Å². The van der Waals surface area contributed by atoms with Crippen LogP contribution in [0.25, 0.3) is 27.5 Å². The number of likely N-dealkylation sites (tertiary alicyclic amines) is 1. The van der Waals surface area contributed by atoms with E-state index >= 15 is 0 Å². The number of aromatic nitrogens is 3. The summed E-state index contributed by atoms with van der Waals surface area (Å²) in [6.45, 7) is 9.76. The van der Waals surface area contributed by atoms with E-state index in [2.05, 4.69) is 44.8 Å². The summed E-state index contributed by atoms with van der Waals surface area (Å²) in [7, 11) is 0. The van der Waals surface area contributed by atoms with Gasteiger partial charge in [0.2, 0.25) is 0 Å². The van der Waals surface area contributed by atoms with Gasteiger partial charge in [0, 0.05) is 35.9 Å². The highest BCUT2D eigenvalue weighted by molar-refractivity contribution is 7.13. The first-order valence-corrected chi connectivity index (χ1v) is 16.0. The lowest BCUT2D eigenvalue weighted by atomic mass is 9.96. The first-order chi connectivity index (χ1) is 20.7. The molecule has 6 nitrogen and oxygen atoms in total. The number of benzene rings is 1. The van der Waals surface area contributed by atoms with Gasteiger partial charge in [-0.3, -0.25) is 19.1 Å². The molecule has 43 heavy (non-hydrogen) atoms. The molecule has 1 aliphatic heterocycles. The lowest BCUT2D eigenvalue weighted by molar-refractivity contribution is 0.0722. The molecule has 5 rings (SSSR count). The Morgan fingerprint density at radius 3 is 2.30 bits per heavy atom. The molecule has 4 heterocycles. The lowest BCUT2D eigenvalue weighted by Crippen LogP contribution is -2.38. The molecule has 0 spiro atoms. The number of aryl methyl sites for hydroxylation is 2. The molecule has 0 saturated carbocycles. The van der Waals surface area contributed by atoms with E-state index in [0.717, 1.165) is 54.6 Å². The molecule has 0 radical (unpaired) electrons. The first kappa shape index (κ1) is 30.7. The Morgan fingerprint density at radius 1 is 1.02 bits per heavy atom. The number of alkyl halides is 2. The summed E-state index contributed by atoms with van der Waals surface area (Å²) in [6, 6.07) is 10.7. The highest BCUT2D eigenvalue weighted by Crippen LogP contribution is 2.32. The van der Waals surface area contributed by atoms with E-state index in [4.69, 9.17) is 4.98 Å². The van der Waals surface area contributed by atoms with Gasteiger partial charge < -0.3 is 4.90 Å². The minimum absolute atomic E-state index is 0.0547. The largest absolute Gasteiger partial charge is 0.339 e. The van der Waals surface area contributed by atoms with Crippen LogP contribution in [0.3, 0.4) is 0 Å². The zero-order valence-corrected chi connectivity index (χ0v) is 26.0. The Labute approximate surface area is 255 Å². The van der Waals surface area contributed by atoms with Crippen molar-refractivity contribution in [3.63, 3.8) is 0 Å². The van der Waals surface area contributed by atoms with Crippen molar-refractivity contribution in [3.8, 4) is 27.5 Å². The summed E-state index contributed by atoms with van der Waals surface area (Å²) in [6.07, 6.45) is 3.79. The number of piperidine rings is 1. The molecule has 0 N–H and O–H groups in total. The van der Waals surface area contributed by atoms with Crippen LogP contribution in [0.4, 0.5) is 8.78 Å². The van der Waals surface area contributed by atoms with Gasteiger partial charge in [-0.1, -0.05) is 45.9 Å². The number of thiazole rings is 1. The predicted molar refractivity (Wildman–Crippen MR) is 168 cm³/mol. The molecular weight excluding hydrogens is 566 g/mol. The number of carbonyl (C=O) groups excluding carboxylic acids is 1. The lowest BCUT2D eigenvalue weighted by Gasteiger charge is -2.29. The molecule has 0 aliphatic carbocycles. The van der Waals surface area contributed by atoms with Crippen LogP contribution in [0.5, 0.6) is 0 Å². The number of rotatable bonds is 9. The molecule has 0 bridgehead atoms. The van der Waals surface area contributed by atoms with Gasteiger partial charge in [0.05, 0.1) is 22.5 Å². The number of hydrogen-bond donors (Lipinski definition) is 0. The monoisotopic (exact) mass is 604 g/mol. The molecule has 1 amide bonds. The van der Waals surface area contributed by atoms with E-state index in [1.54, 1.807) is 22.1 Å². The van der Waals surface area contributed by atoms with Crippen molar-refractivity contribution in [3.05, 3.63) is 86.4 Å². The normalized spacial score (nSPS) is 13.7. The molecular formula is C34H38F2N4O2S. The molecule has 0 unspecified atom stereocenters. The maximum atomic E-state index is 14.6. The van der Waals surface area contributed by atoms with E-state index in [1.807, 2.05) is 11.0 Å². The summed E-state index contributed by atoms with van der Waals surface area (Å²) in [5, 5.41) is 2.27. The molecule has 1 saturated heterocycles. The topological polar surface area (TPSA) is 68.1 Å². The Morgan fingerprint density at radius 2 is 1.72 bits per heavy atom. The van der Waals surface area contributed by atoms with Crippen molar-refractivity contribution in [2.45, 2.75) is 72.6 Å². The second-order valence-electron chi connectivity index (χ2n) is 11.5. The predicted octanol–water partition coefficient (Wildman–Crippen LogP) is 7.91. The van der Waals surface area contributed by atoms with Crippen LogP contribution in [0.1, 0.15) is 86.3 Å². The third-order valence-corrected chi connectivity index (χ3v) is 8.88. The number of nitrogens with zero attached hydrogens (tertiary/aromatic N) is 4. The minimum Gasteiger partial charge on any atom is -0.339 e. The van der Waals surface area contributed by atoms with Crippen LogP contribution in [-0.2, 0) is 19.3 Å². The van der Waals surface area contributed by atoms with Crippen LogP contribution in [0, 0.1) is 5.92 Å². The second-order valence-corrected chi connectivity index (χ2v) is 12.3. The van der Waals surface area contributed by atoms with Crippen LogP contribution < -0.4 is 5.56 Å². The summed E-state index contributed by atoms with van der Waals surface area (Å²) in [4.78, 5) is 39.4. The number of amides is 1. The van der Waals surface area contributed by atoms with Crippen LogP contribution in [0.2, 0.25) is 0 Å². The number of para-hydroxylation sites is 1. The number of hydrogen-bond acceptors (Lipinski definition) is 5. The fourth-order valence-corrected chi connectivity index (χ4v) is 6.64. The molecule has 1 aliphatic rings. The van der Waals surface area contributed by atoms with E-state index in [9.17, 15) is 18.4 Å². The molecule has 4 aromatic rings. The van der Waals surface area contributed by atoms with Gasteiger partial charge in [0.15, 0.2) is 0 Å². The van der Waals surface area contributed by atoms with Gasteiger partial charge in [-0.25, -0.2) is 13.8 Å². The number of carbonyl (C=O) groups is 1. The van der Waals surface area contributed by atoms with Crippen molar-refractivity contribution in [2.75, 3.05) is 13.1 Å². The fraction of sp³-hybridized carbons (Fsp3) is 0.412. The second kappa shape index (κ2) is 13.3. The average Bonchev–Trinajstić information content (AvgIpc) is 3.51. The Kier molecular flexibility index (Phi) is 9.49. The van der Waals surface area contributed by atoms with Gasteiger partial charge in [0.25, 0.3) is 17.9 Å². The summed E-state index contributed by atoms with van der Waals surface area (Å²) < 4.78 is 27.9. The molecule has 0 atom stereocenters. The van der Waals surface area contributed by atoms with E-state index in [0.29, 0.717) is 46.9 Å². The molecule has 226 valence electrons.